The van der Waals surface area contributed by atoms with Crippen LogP contribution in [0.15, 0.2) is 29.2 Å². The van der Waals surface area contributed by atoms with Crippen molar-refractivity contribution in [3.05, 3.63) is 29.8 Å². The minimum absolute atomic E-state index is 0.146. The van der Waals surface area contributed by atoms with E-state index in [0.29, 0.717) is 18.5 Å². The second-order valence-electron chi connectivity index (χ2n) is 6.03. The molecule has 0 spiro atoms. The summed E-state index contributed by atoms with van der Waals surface area (Å²) in [7, 11) is -3.51. The van der Waals surface area contributed by atoms with Crippen LogP contribution in [0.4, 0.5) is 0 Å². The summed E-state index contributed by atoms with van der Waals surface area (Å²) in [5.41, 5.74) is 0.794. The number of sulfonamides is 1. The zero-order chi connectivity index (χ0) is 15.5. The maximum Gasteiger partial charge on any atom is 0.240 e. The Morgan fingerprint density at radius 2 is 2.05 bits per heavy atom. The molecule has 0 radical (unpaired) electrons. The zero-order valence-corrected chi connectivity index (χ0v) is 13.6. The lowest BCUT2D eigenvalue weighted by molar-refractivity contribution is 0.133. The van der Waals surface area contributed by atoms with E-state index in [1.165, 1.54) is 6.42 Å². The zero-order valence-electron chi connectivity index (χ0n) is 12.8. The third kappa shape index (κ3) is 3.65. The van der Waals surface area contributed by atoms with Gasteiger partial charge < -0.3 is 5.11 Å². The van der Waals surface area contributed by atoms with Crippen LogP contribution in [0.3, 0.4) is 0 Å². The second-order valence-corrected chi connectivity index (χ2v) is 7.80. The molecule has 0 saturated heterocycles. The van der Waals surface area contributed by atoms with Crippen LogP contribution in [0, 0.1) is 5.41 Å². The lowest BCUT2D eigenvalue weighted by atomic mass is 9.67. The Morgan fingerprint density at radius 1 is 1.33 bits per heavy atom. The van der Waals surface area contributed by atoms with E-state index in [-0.39, 0.29) is 10.3 Å². The number of hydrogen-bond acceptors (Lipinski definition) is 3. The van der Waals surface area contributed by atoms with E-state index >= 15 is 0 Å². The highest BCUT2D eigenvalue weighted by atomic mass is 32.2. The number of aliphatic hydroxyl groups excluding tert-OH is 1. The van der Waals surface area contributed by atoms with Gasteiger partial charge in [0.15, 0.2) is 0 Å². The SMILES string of the molecule is CCC(O)c1cccc(S(=O)(=O)NCC2(CC)CCC2)c1. The molecule has 2 N–H and O–H groups in total. The standard InChI is InChI=1S/C16H25NO3S/c1-3-15(18)13-7-5-8-14(11-13)21(19,20)17-12-16(4-2)9-6-10-16/h5,7-8,11,15,17-18H,3-4,6,9-10,12H2,1-2H3. The molecular formula is C16H25NO3S. The first kappa shape index (κ1) is 16.5. The maximum atomic E-state index is 12.4. The molecule has 0 aliphatic heterocycles. The van der Waals surface area contributed by atoms with Crippen molar-refractivity contribution in [2.45, 2.75) is 57.0 Å². The van der Waals surface area contributed by atoms with Crippen LogP contribution in [-0.4, -0.2) is 20.1 Å². The first-order chi connectivity index (χ1) is 9.92. The van der Waals surface area contributed by atoms with Gasteiger partial charge in [0.25, 0.3) is 0 Å². The van der Waals surface area contributed by atoms with Crippen molar-refractivity contribution >= 4 is 10.0 Å². The van der Waals surface area contributed by atoms with Gasteiger partial charge in [-0.2, -0.15) is 0 Å². The summed E-state index contributed by atoms with van der Waals surface area (Å²) in [5, 5.41) is 9.85. The molecule has 4 nitrogen and oxygen atoms in total. The highest BCUT2D eigenvalue weighted by Crippen LogP contribution is 2.43. The Bertz CT molecular complexity index is 573. The maximum absolute atomic E-state index is 12.4. The van der Waals surface area contributed by atoms with Gasteiger partial charge in [-0.15, -0.1) is 0 Å². The molecule has 1 saturated carbocycles. The second kappa shape index (κ2) is 6.46. The summed E-state index contributed by atoms with van der Waals surface area (Å²) < 4.78 is 27.6. The predicted octanol–water partition coefficient (Wildman–Crippen LogP) is 2.99. The number of aliphatic hydroxyl groups is 1. The number of benzene rings is 1. The fourth-order valence-electron chi connectivity index (χ4n) is 2.79. The highest BCUT2D eigenvalue weighted by molar-refractivity contribution is 7.89. The van der Waals surface area contributed by atoms with Crippen molar-refractivity contribution in [3.63, 3.8) is 0 Å². The Kier molecular flexibility index (Phi) is 5.07. The van der Waals surface area contributed by atoms with Gasteiger partial charge in [-0.25, -0.2) is 13.1 Å². The van der Waals surface area contributed by atoms with Crippen LogP contribution in [-0.2, 0) is 10.0 Å². The highest BCUT2D eigenvalue weighted by Gasteiger charge is 2.36. The van der Waals surface area contributed by atoms with E-state index in [9.17, 15) is 13.5 Å². The molecule has 21 heavy (non-hydrogen) atoms. The Hall–Kier alpha value is -0.910. The van der Waals surface area contributed by atoms with Gasteiger partial charge in [-0.3, -0.25) is 0 Å². The summed E-state index contributed by atoms with van der Waals surface area (Å²) >= 11 is 0. The molecule has 1 aliphatic carbocycles. The summed E-state index contributed by atoms with van der Waals surface area (Å²) in [4.78, 5) is 0.234. The lowest BCUT2D eigenvalue weighted by Crippen LogP contribution is -2.41. The quantitative estimate of drug-likeness (QED) is 0.813. The van der Waals surface area contributed by atoms with Crippen LogP contribution in [0.1, 0.15) is 57.6 Å². The molecule has 0 bridgehead atoms. The fourth-order valence-corrected chi connectivity index (χ4v) is 4.00. The van der Waals surface area contributed by atoms with E-state index in [0.717, 1.165) is 19.3 Å². The Balaban J connectivity index is 2.12. The van der Waals surface area contributed by atoms with Gasteiger partial charge in [-0.05, 0) is 48.8 Å². The average Bonchev–Trinajstić information content (AvgIpc) is 2.46. The average molecular weight is 311 g/mol. The molecule has 5 heteroatoms. The fraction of sp³-hybridized carbons (Fsp3) is 0.625. The first-order valence-corrected chi connectivity index (χ1v) is 9.18. The summed E-state index contributed by atoms with van der Waals surface area (Å²) in [6, 6.07) is 6.58. The largest absolute Gasteiger partial charge is 0.388 e. The third-order valence-corrected chi connectivity index (χ3v) is 6.14. The molecule has 1 aromatic rings. The molecule has 1 fully saturated rings. The summed E-state index contributed by atoms with van der Waals surface area (Å²) in [6.45, 7) is 4.49. The number of hydrogen-bond donors (Lipinski definition) is 2. The molecule has 1 aromatic carbocycles. The minimum atomic E-state index is -3.51. The molecule has 1 unspecified atom stereocenters. The van der Waals surface area contributed by atoms with E-state index in [4.69, 9.17) is 0 Å². The molecule has 0 heterocycles. The Labute approximate surface area is 127 Å². The van der Waals surface area contributed by atoms with Gasteiger partial charge >= 0.3 is 0 Å². The lowest BCUT2D eigenvalue weighted by Gasteiger charge is -2.41. The van der Waals surface area contributed by atoms with Crippen LogP contribution >= 0.6 is 0 Å². The normalized spacial score (nSPS) is 19.0. The Morgan fingerprint density at radius 3 is 2.57 bits per heavy atom. The van der Waals surface area contributed by atoms with Gasteiger partial charge in [0.05, 0.1) is 11.0 Å². The molecule has 1 aliphatic rings. The first-order valence-electron chi connectivity index (χ1n) is 7.70. The van der Waals surface area contributed by atoms with Gasteiger partial charge in [-0.1, -0.05) is 32.4 Å². The molecule has 118 valence electrons. The van der Waals surface area contributed by atoms with Crippen LogP contribution < -0.4 is 4.72 Å². The molecule has 0 aromatic heterocycles. The topological polar surface area (TPSA) is 66.4 Å². The molecular weight excluding hydrogens is 286 g/mol. The van der Waals surface area contributed by atoms with Crippen molar-refractivity contribution in [1.29, 1.82) is 0 Å². The van der Waals surface area contributed by atoms with Gasteiger partial charge in [0.2, 0.25) is 10.0 Å². The molecule has 0 amide bonds. The smallest absolute Gasteiger partial charge is 0.240 e. The van der Waals surface area contributed by atoms with Gasteiger partial charge in [0, 0.05) is 6.54 Å². The van der Waals surface area contributed by atoms with Crippen molar-refractivity contribution < 1.29 is 13.5 Å². The van der Waals surface area contributed by atoms with Crippen LogP contribution in [0.25, 0.3) is 0 Å². The van der Waals surface area contributed by atoms with E-state index in [2.05, 4.69) is 11.6 Å². The van der Waals surface area contributed by atoms with Crippen molar-refractivity contribution in [2.24, 2.45) is 5.41 Å². The van der Waals surface area contributed by atoms with E-state index in [1.54, 1.807) is 24.3 Å². The minimum Gasteiger partial charge on any atom is -0.388 e. The van der Waals surface area contributed by atoms with E-state index < -0.39 is 16.1 Å². The van der Waals surface area contributed by atoms with Crippen molar-refractivity contribution in [2.75, 3.05) is 6.54 Å². The number of rotatable bonds is 7. The summed E-state index contributed by atoms with van der Waals surface area (Å²) in [5.74, 6) is 0. The van der Waals surface area contributed by atoms with Gasteiger partial charge in [0.1, 0.15) is 0 Å². The van der Waals surface area contributed by atoms with Crippen LogP contribution in [0.2, 0.25) is 0 Å². The van der Waals surface area contributed by atoms with E-state index in [1.807, 2.05) is 6.92 Å². The predicted molar refractivity (Wildman–Crippen MR) is 83.5 cm³/mol. The monoisotopic (exact) mass is 311 g/mol. The van der Waals surface area contributed by atoms with Crippen molar-refractivity contribution in [1.82, 2.24) is 4.72 Å². The number of nitrogens with one attached hydrogen (secondary N) is 1. The summed E-state index contributed by atoms with van der Waals surface area (Å²) in [6.07, 6.45) is 4.34. The van der Waals surface area contributed by atoms with Crippen LogP contribution in [0.5, 0.6) is 0 Å². The van der Waals surface area contributed by atoms with Crippen molar-refractivity contribution in [3.8, 4) is 0 Å². The molecule has 2 rings (SSSR count). The third-order valence-electron chi connectivity index (χ3n) is 4.74. The molecule has 1 atom stereocenters.